The molecule has 4 heteroatoms. The molecule has 0 bridgehead atoms. The smallest absolute Gasteiger partial charge is 0.337 e. The van der Waals surface area contributed by atoms with Crippen LogP contribution in [0.15, 0.2) is 30.3 Å². The topological polar surface area (TPSA) is 52.3 Å². The highest BCUT2D eigenvalue weighted by Crippen LogP contribution is 2.12. The zero-order valence-electron chi connectivity index (χ0n) is 7.87. The second kappa shape index (κ2) is 4.57. The minimum atomic E-state index is -1.11. The van der Waals surface area contributed by atoms with Gasteiger partial charge in [-0.05, 0) is 12.5 Å². The Bertz CT molecular complexity index is 306. The molecule has 0 spiro atoms. The van der Waals surface area contributed by atoms with Gasteiger partial charge in [-0.1, -0.05) is 46.3 Å². The van der Waals surface area contributed by atoms with Gasteiger partial charge in [0.25, 0.3) is 0 Å². The fraction of sp³-hybridized carbons (Fsp3) is 0.300. The van der Waals surface area contributed by atoms with Crippen LogP contribution in [0.25, 0.3) is 0 Å². The summed E-state index contributed by atoms with van der Waals surface area (Å²) in [5.74, 6) is -0.471. The van der Waals surface area contributed by atoms with E-state index in [2.05, 4.69) is 15.9 Å². The summed E-state index contributed by atoms with van der Waals surface area (Å²) in [7, 11) is 0. The number of ether oxygens (including phenoxy) is 1. The molecule has 0 saturated heterocycles. The molecule has 76 valence electrons. The third-order valence-electron chi connectivity index (χ3n) is 1.61. The van der Waals surface area contributed by atoms with Crippen molar-refractivity contribution in [3.05, 3.63) is 35.9 Å². The van der Waals surface area contributed by atoms with Crippen molar-refractivity contribution in [3.63, 3.8) is 0 Å². The number of hydrogen-bond acceptors (Lipinski definition) is 3. The van der Waals surface area contributed by atoms with E-state index in [0.717, 1.165) is 5.56 Å². The average Bonchev–Trinajstić information content (AvgIpc) is 2.14. The van der Waals surface area contributed by atoms with Crippen molar-refractivity contribution < 1.29 is 9.53 Å². The number of rotatable bonds is 3. The first kappa shape index (κ1) is 11.2. The maximum Gasteiger partial charge on any atom is 0.337 e. The molecule has 0 aliphatic carbocycles. The first-order valence-electron chi connectivity index (χ1n) is 4.19. The van der Waals surface area contributed by atoms with E-state index in [1.165, 1.54) is 0 Å². The molecule has 0 aromatic heterocycles. The Morgan fingerprint density at radius 3 is 2.57 bits per heavy atom. The van der Waals surface area contributed by atoms with E-state index >= 15 is 0 Å². The van der Waals surface area contributed by atoms with Gasteiger partial charge in [-0.15, -0.1) is 0 Å². The lowest BCUT2D eigenvalue weighted by atomic mass is 10.2. The third kappa shape index (κ3) is 3.47. The van der Waals surface area contributed by atoms with E-state index in [1.807, 2.05) is 30.3 Å². The second-order valence-corrected chi connectivity index (χ2v) is 4.78. The van der Waals surface area contributed by atoms with Crippen molar-refractivity contribution in [2.75, 3.05) is 0 Å². The SMILES string of the molecule is CC(N)(Br)C(=O)OCc1ccccc1. The number of hydrogen-bond donors (Lipinski definition) is 1. The monoisotopic (exact) mass is 257 g/mol. The van der Waals surface area contributed by atoms with E-state index in [-0.39, 0.29) is 6.61 Å². The van der Waals surface area contributed by atoms with E-state index in [1.54, 1.807) is 6.92 Å². The quantitative estimate of drug-likeness (QED) is 0.511. The summed E-state index contributed by atoms with van der Waals surface area (Å²) in [6, 6.07) is 9.45. The number of carbonyl (C=O) groups is 1. The lowest BCUT2D eigenvalue weighted by molar-refractivity contribution is -0.147. The maximum absolute atomic E-state index is 11.2. The fourth-order valence-corrected chi connectivity index (χ4v) is 0.979. The van der Waals surface area contributed by atoms with Crippen LogP contribution in [0.5, 0.6) is 0 Å². The molecule has 0 aliphatic rings. The second-order valence-electron chi connectivity index (χ2n) is 3.14. The zero-order valence-corrected chi connectivity index (χ0v) is 9.45. The summed E-state index contributed by atoms with van der Waals surface area (Å²) in [4.78, 5) is 11.2. The highest BCUT2D eigenvalue weighted by molar-refractivity contribution is 9.10. The lowest BCUT2D eigenvalue weighted by Gasteiger charge is -2.14. The Labute approximate surface area is 91.4 Å². The van der Waals surface area contributed by atoms with Crippen LogP contribution in [-0.2, 0) is 16.1 Å². The normalized spacial score (nSPS) is 14.5. The lowest BCUT2D eigenvalue weighted by Crippen LogP contribution is -2.39. The standard InChI is InChI=1S/C10H12BrNO2/c1-10(11,12)9(13)14-7-8-5-3-2-4-6-8/h2-6H,7,12H2,1H3. The summed E-state index contributed by atoms with van der Waals surface area (Å²) >= 11 is 3.02. The minimum absolute atomic E-state index is 0.248. The van der Waals surface area contributed by atoms with Gasteiger partial charge in [-0.25, -0.2) is 4.79 Å². The van der Waals surface area contributed by atoms with Crippen molar-refractivity contribution in [2.24, 2.45) is 5.73 Å². The molecule has 1 aromatic carbocycles. The van der Waals surface area contributed by atoms with Crippen LogP contribution in [0.3, 0.4) is 0 Å². The first-order valence-corrected chi connectivity index (χ1v) is 4.98. The molecular weight excluding hydrogens is 246 g/mol. The van der Waals surface area contributed by atoms with Crippen LogP contribution in [0.2, 0.25) is 0 Å². The Morgan fingerprint density at radius 1 is 1.50 bits per heavy atom. The molecule has 0 saturated carbocycles. The van der Waals surface area contributed by atoms with Crippen LogP contribution in [0, 0.1) is 0 Å². The highest BCUT2D eigenvalue weighted by atomic mass is 79.9. The van der Waals surface area contributed by atoms with Gasteiger partial charge >= 0.3 is 5.97 Å². The molecule has 2 N–H and O–H groups in total. The number of esters is 1. The molecule has 1 rings (SSSR count). The number of benzene rings is 1. The van der Waals surface area contributed by atoms with Gasteiger partial charge in [-0.3, -0.25) is 0 Å². The molecule has 1 atom stereocenters. The van der Waals surface area contributed by atoms with Crippen molar-refractivity contribution >= 4 is 21.9 Å². The third-order valence-corrected chi connectivity index (χ3v) is 1.94. The predicted octanol–water partition coefficient (Wildman–Crippen LogP) is 1.80. The molecule has 0 heterocycles. The van der Waals surface area contributed by atoms with Gasteiger partial charge in [0, 0.05) is 0 Å². The molecule has 0 amide bonds. The molecule has 1 unspecified atom stereocenters. The van der Waals surface area contributed by atoms with E-state index in [4.69, 9.17) is 10.5 Å². The minimum Gasteiger partial charge on any atom is -0.459 e. The first-order chi connectivity index (χ1) is 6.50. The van der Waals surface area contributed by atoms with Crippen LogP contribution in [0.1, 0.15) is 12.5 Å². The van der Waals surface area contributed by atoms with Crippen LogP contribution in [0.4, 0.5) is 0 Å². The maximum atomic E-state index is 11.2. The molecule has 1 aromatic rings. The summed E-state index contributed by atoms with van der Waals surface area (Å²) in [6.45, 7) is 1.79. The highest BCUT2D eigenvalue weighted by Gasteiger charge is 2.25. The Hall–Kier alpha value is -0.870. The number of carbonyl (C=O) groups excluding carboxylic acids is 1. The molecule has 0 aliphatic heterocycles. The van der Waals surface area contributed by atoms with Crippen molar-refractivity contribution in [1.82, 2.24) is 0 Å². The van der Waals surface area contributed by atoms with Crippen LogP contribution in [-0.4, -0.2) is 10.4 Å². The molecule has 0 radical (unpaired) electrons. The average molecular weight is 258 g/mol. The molecular formula is C10H12BrNO2. The van der Waals surface area contributed by atoms with Gasteiger partial charge < -0.3 is 10.5 Å². The van der Waals surface area contributed by atoms with E-state index in [0.29, 0.717) is 0 Å². The Balaban J connectivity index is 2.46. The zero-order chi connectivity index (χ0) is 10.6. The number of halogens is 1. The van der Waals surface area contributed by atoms with Gasteiger partial charge in [0.2, 0.25) is 0 Å². The summed E-state index contributed by atoms with van der Waals surface area (Å²) in [6.07, 6.45) is 0. The largest absolute Gasteiger partial charge is 0.459 e. The summed E-state index contributed by atoms with van der Waals surface area (Å²) in [5.41, 5.74) is 6.43. The van der Waals surface area contributed by atoms with Crippen LogP contribution >= 0.6 is 15.9 Å². The van der Waals surface area contributed by atoms with Gasteiger partial charge in [-0.2, -0.15) is 0 Å². The predicted molar refractivity (Wildman–Crippen MR) is 57.8 cm³/mol. The van der Waals surface area contributed by atoms with Gasteiger partial charge in [0.15, 0.2) is 4.45 Å². The van der Waals surface area contributed by atoms with Crippen molar-refractivity contribution in [1.29, 1.82) is 0 Å². The number of nitrogens with two attached hydrogens (primary N) is 1. The van der Waals surface area contributed by atoms with Crippen molar-refractivity contribution in [2.45, 2.75) is 18.0 Å². The van der Waals surface area contributed by atoms with Crippen LogP contribution < -0.4 is 5.73 Å². The Morgan fingerprint density at radius 2 is 2.07 bits per heavy atom. The fourth-order valence-electron chi connectivity index (χ4n) is 0.864. The van der Waals surface area contributed by atoms with Crippen molar-refractivity contribution in [3.8, 4) is 0 Å². The van der Waals surface area contributed by atoms with Gasteiger partial charge in [0.1, 0.15) is 6.61 Å². The molecule has 3 nitrogen and oxygen atoms in total. The van der Waals surface area contributed by atoms with E-state index < -0.39 is 10.4 Å². The summed E-state index contributed by atoms with van der Waals surface area (Å²) in [5, 5.41) is 0. The summed E-state index contributed by atoms with van der Waals surface area (Å²) < 4.78 is 3.87. The van der Waals surface area contributed by atoms with E-state index in [9.17, 15) is 4.79 Å². The molecule has 0 fully saturated rings. The van der Waals surface area contributed by atoms with Gasteiger partial charge in [0.05, 0.1) is 0 Å². The Kier molecular flexibility index (Phi) is 3.66. The molecule has 14 heavy (non-hydrogen) atoms. The number of alkyl halides is 1.